The topological polar surface area (TPSA) is 80.2 Å². The van der Waals surface area contributed by atoms with Crippen molar-refractivity contribution in [2.75, 3.05) is 7.11 Å². The van der Waals surface area contributed by atoms with Crippen molar-refractivity contribution in [3.8, 4) is 17.2 Å². The van der Waals surface area contributed by atoms with Crippen LogP contribution in [0.4, 0.5) is 0 Å². The Morgan fingerprint density at radius 2 is 1.79 bits per heavy atom. The molecule has 0 unspecified atom stereocenters. The summed E-state index contributed by atoms with van der Waals surface area (Å²) < 4.78 is 11.0. The Hall–Kier alpha value is -3.80. The van der Waals surface area contributed by atoms with E-state index in [4.69, 9.17) is 9.47 Å². The van der Waals surface area contributed by atoms with Crippen LogP contribution in [0.1, 0.15) is 21.5 Å². The Bertz CT molecular complexity index is 968. The molecular formula is C22H20N2O4. The fourth-order valence-corrected chi connectivity index (χ4v) is 2.46. The number of nitrogens with one attached hydrogen (secondary N) is 1. The Balaban J connectivity index is 1.57. The van der Waals surface area contributed by atoms with Crippen LogP contribution < -0.4 is 14.9 Å². The highest BCUT2D eigenvalue weighted by molar-refractivity contribution is 5.95. The van der Waals surface area contributed by atoms with Gasteiger partial charge in [0, 0.05) is 5.56 Å². The summed E-state index contributed by atoms with van der Waals surface area (Å²) in [5.74, 6) is 1.22. The third kappa shape index (κ3) is 5.35. The number of hydrogen-bond donors (Lipinski definition) is 2. The zero-order valence-corrected chi connectivity index (χ0v) is 15.3. The molecule has 0 aliphatic heterocycles. The first-order valence-corrected chi connectivity index (χ1v) is 8.62. The number of phenols is 1. The van der Waals surface area contributed by atoms with E-state index in [1.54, 1.807) is 7.11 Å². The van der Waals surface area contributed by atoms with Gasteiger partial charge in [-0.15, -0.1) is 0 Å². The molecule has 28 heavy (non-hydrogen) atoms. The summed E-state index contributed by atoms with van der Waals surface area (Å²) in [6, 6.07) is 21.0. The second-order valence-electron chi connectivity index (χ2n) is 5.96. The number of carbonyl (C=O) groups is 1. The molecule has 0 aliphatic carbocycles. The lowest BCUT2D eigenvalue weighted by Crippen LogP contribution is -2.17. The highest BCUT2D eigenvalue weighted by atomic mass is 16.5. The zero-order chi connectivity index (χ0) is 19.8. The number of benzene rings is 3. The number of phenolic OH excluding ortho intramolecular Hbond substituents is 1. The minimum atomic E-state index is -0.360. The largest absolute Gasteiger partial charge is 0.508 e. The van der Waals surface area contributed by atoms with Gasteiger partial charge in [-0.25, -0.2) is 5.43 Å². The van der Waals surface area contributed by atoms with E-state index in [1.165, 1.54) is 30.5 Å². The number of hydrogen-bond acceptors (Lipinski definition) is 5. The summed E-state index contributed by atoms with van der Waals surface area (Å²) in [6.07, 6.45) is 1.54. The highest BCUT2D eigenvalue weighted by Crippen LogP contribution is 2.17. The monoisotopic (exact) mass is 376 g/mol. The molecule has 142 valence electrons. The molecule has 0 heterocycles. The van der Waals surface area contributed by atoms with Gasteiger partial charge in [-0.2, -0.15) is 5.10 Å². The normalized spacial score (nSPS) is 10.6. The summed E-state index contributed by atoms with van der Waals surface area (Å²) in [5.41, 5.74) is 4.64. The molecule has 0 atom stereocenters. The molecule has 0 fully saturated rings. The van der Waals surface area contributed by atoms with Gasteiger partial charge < -0.3 is 14.6 Å². The zero-order valence-electron chi connectivity index (χ0n) is 15.3. The lowest BCUT2D eigenvalue weighted by molar-refractivity contribution is 0.0955. The second kappa shape index (κ2) is 9.23. The maximum atomic E-state index is 12.0. The maximum absolute atomic E-state index is 12.0. The SMILES string of the molecule is COc1cccc(COc2cccc(/C=N/NC(=O)c3ccc(O)cc3)c2)c1. The Kier molecular flexibility index (Phi) is 6.25. The van der Waals surface area contributed by atoms with Gasteiger partial charge in [0.15, 0.2) is 0 Å². The molecular weight excluding hydrogens is 356 g/mol. The van der Waals surface area contributed by atoms with E-state index in [0.717, 1.165) is 16.9 Å². The van der Waals surface area contributed by atoms with Gasteiger partial charge in [0.25, 0.3) is 5.91 Å². The van der Waals surface area contributed by atoms with Crippen molar-refractivity contribution in [2.24, 2.45) is 5.10 Å². The number of rotatable bonds is 7. The van der Waals surface area contributed by atoms with Crippen molar-refractivity contribution in [1.29, 1.82) is 0 Å². The maximum Gasteiger partial charge on any atom is 0.271 e. The fourth-order valence-electron chi connectivity index (χ4n) is 2.46. The number of nitrogens with zero attached hydrogens (tertiary/aromatic N) is 1. The number of hydrazone groups is 1. The lowest BCUT2D eigenvalue weighted by atomic mass is 10.2. The van der Waals surface area contributed by atoms with Gasteiger partial charge in [-0.05, 0) is 59.7 Å². The van der Waals surface area contributed by atoms with Crippen LogP contribution in [0.15, 0.2) is 77.9 Å². The van der Waals surface area contributed by atoms with Crippen LogP contribution in [0.25, 0.3) is 0 Å². The first kappa shape index (κ1) is 19.0. The summed E-state index contributed by atoms with van der Waals surface area (Å²) in [6.45, 7) is 0.412. The molecule has 0 radical (unpaired) electrons. The summed E-state index contributed by atoms with van der Waals surface area (Å²) >= 11 is 0. The molecule has 3 rings (SSSR count). The van der Waals surface area contributed by atoms with Gasteiger partial charge in [0.2, 0.25) is 0 Å². The molecule has 0 aromatic heterocycles. The first-order valence-electron chi connectivity index (χ1n) is 8.62. The standard InChI is InChI=1S/C22H20N2O4/c1-27-20-6-3-5-17(13-20)15-28-21-7-2-4-16(12-21)14-23-24-22(26)18-8-10-19(25)11-9-18/h2-14,25H,15H2,1H3,(H,24,26)/b23-14+. The van der Waals surface area contributed by atoms with Crippen LogP contribution in [0.5, 0.6) is 17.2 Å². The van der Waals surface area contributed by atoms with Crippen LogP contribution in [0.2, 0.25) is 0 Å². The number of aromatic hydroxyl groups is 1. The van der Waals surface area contributed by atoms with E-state index in [0.29, 0.717) is 17.9 Å². The van der Waals surface area contributed by atoms with Crippen molar-refractivity contribution in [2.45, 2.75) is 6.61 Å². The summed E-state index contributed by atoms with van der Waals surface area (Å²) in [4.78, 5) is 12.0. The summed E-state index contributed by atoms with van der Waals surface area (Å²) in [7, 11) is 1.63. The average Bonchev–Trinajstić information content (AvgIpc) is 2.73. The fraction of sp³-hybridized carbons (Fsp3) is 0.0909. The lowest BCUT2D eigenvalue weighted by Gasteiger charge is -2.08. The Morgan fingerprint density at radius 1 is 1.04 bits per heavy atom. The minimum absolute atomic E-state index is 0.103. The average molecular weight is 376 g/mol. The second-order valence-corrected chi connectivity index (χ2v) is 5.96. The van der Waals surface area contributed by atoms with E-state index in [1.807, 2.05) is 48.5 Å². The Labute approximate surface area is 163 Å². The smallest absolute Gasteiger partial charge is 0.271 e. The van der Waals surface area contributed by atoms with Crippen LogP contribution in [-0.4, -0.2) is 24.3 Å². The quantitative estimate of drug-likeness (QED) is 0.486. The van der Waals surface area contributed by atoms with Crippen molar-refractivity contribution in [1.82, 2.24) is 5.43 Å². The third-order valence-corrected chi connectivity index (χ3v) is 3.91. The molecule has 3 aromatic rings. The van der Waals surface area contributed by atoms with Gasteiger partial charge in [0.1, 0.15) is 23.9 Å². The first-order chi connectivity index (χ1) is 13.6. The van der Waals surface area contributed by atoms with Crippen molar-refractivity contribution < 1.29 is 19.4 Å². The molecule has 1 amide bonds. The van der Waals surface area contributed by atoms with E-state index >= 15 is 0 Å². The van der Waals surface area contributed by atoms with Crippen LogP contribution in [0, 0.1) is 0 Å². The highest BCUT2D eigenvalue weighted by Gasteiger charge is 2.03. The van der Waals surface area contributed by atoms with Crippen LogP contribution in [-0.2, 0) is 6.61 Å². The van der Waals surface area contributed by atoms with Crippen molar-refractivity contribution in [3.05, 3.63) is 89.5 Å². The number of carbonyl (C=O) groups excluding carboxylic acids is 1. The molecule has 6 nitrogen and oxygen atoms in total. The molecule has 0 saturated carbocycles. The van der Waals surface area contributed by atoms with E-state index in [-0.39, 0.29) is 11.7 Å². The van der Waals surface area contributed by atoms with Crippen LogP contribution in [0.3, 0.4) is 0 Å². The minimum Gasteiger partial charge on any atom is -0.508 e. The van der Waals surface area contributed by atoms with Gasteiger partial charge >= 0.3 is 0 Å². The van der Waals surface area contributed by atoms with Crippen molar-refractivity contribution >= 4 is 12.1 Å². The van der Waals surface area contributed by atoms with Crippen LogP contribution >= 0.6 is 0 Å². The molecule has 0 aliphatic rings. The van der Waals surface area contributed by atoms with E-state index in [9.17, 15) is 9.90 Å². The molecule has 2 N–H and O–H groups in total. The van der Waals surface area contributed by atoms with E-state index in [2.05, 4.69) is 10.5 Å². The van der Waals surface area contributed by atoms with Gasteiger partial charge in [0.05, 0.1) is 13.3 Å². The molecule has 0 spiro atoms. The molecule has 0 saturated heterocycles. The molecule has 3 aromatic carbocycles. The number of amides is 1. The third-order valence-electron chi connectivity index (χ3n) is 3.91. The van der Waals surface area contributed by atoms with Gasteiger partial charge in [-0.3, -0.25) is 4.79 Å². The van der Waals surface area contributed by atoms with Crippen molar-refractivity contribution in [3.63, 3.8) is 0 Å². The van der Waals surface area contributed by atoms with E-state index < -0.39 is 0 Å². The van der Waals surface area contributed by atoms with Gasteiger partial charge in [-0.1, -0.05) is 24.3 Å². The molecule has 0 bridgehead atoms. The summed E-state index contributed by atoms with van der Waals surface area (Å²) in [5, 5.41) is 13.2. The predicted molar refractivity (Wildman–Crippen MR) is 107 cm³/mol. The molecule has 6 heteroatoms. The predicted octanol–water partition coefficient (Wildman–Crippen LogP) is 3.74. The number of methoxy groups -OCH3 is 1. The Morgan fingerprint density at radius 3 is 2.57 bits per heavy atom. The number of ether oxygens (including phenoxy) is 2.